The minimum Gasteiger partial charge on any atom is -0.383 e. The highest BCUT2D eigenvalue weighted by Crippen LogP contribution is 2.44. The maximum Gasteiger partial charge on any atom is 0.163 e. The molecule has 2 N–H and O–H groups in total. The zero-order valence-electron chi connectivity index (χ0n) is 9.83. The molecule has 1 fully saturated rings. The molecule has 1 aromatic carbocycles. The van der Waals surface area contributed by atoms with E-state index < -0.39 is 0 Å². The summed E-state index contributed by atoms with van der Waals surface area (Å²) >= 11 is 15.6. The highest BCUT2D eigenvalue weighted by atomic mass is 79.9. The molecule has 0 radical (unpaired) electrons. The summed E-state index contributed by atoms with van der Waals surface area (Å²) in [5, 5.41) is 1.16. The molecule has 3 nitrogen and oxygen atoms in total. The first-order valence-corrected chi connectivity index (χ1v) is 7.39. The molecule has 0 aliphatic heterocycles. The minimum absolute atomic E-state index is 0.433. The number of halogens is 3. The number of benzene rings is 1. The molecule has 1 aromatic heterocycles. The monoisotopic (exact) mass is 357 g/mol. The van der Waals surface area contributed by atoms with Crippen molar-refractivity contribution < 1.29 is 0 Å². The van der Waals surface area contributed by atoms with Crippen molar-refractivity contribution in [2.24, 2.45) is 0 Å². The average Bonchev–Trinajstić information content (AvgIpc) is 3.20. The van der Waals surface area contributed by atoms with Gasteiger partial charge in [0.05, 0.1) is 15.2 Å². The first-order chi connectivity index (χ1) is 9.06. The van der Waals surface area contributed by atoms with Crippen LogP contribution in [0.4, 0.5) is 5.82 Å². The third-order valence-electron chi connectivity index (χ3n) is 3.04. The Labute approximate surface area is 129 Å². The molecule has 0 atom stereocenters. The lowest BCUT2D eigenvalue weighted by molar-refractivity contribution is 0.984. The van der Waals surface area contributed by atoms with Gasteiger partial charge in [-0.3, -0.25) is 0 Å². The molecule has 2 aromatic rings. The van der Waals surface area contributed by atoms with Crippen LogP contribution in [0.15, 0.2) is 22.7 Å². The van der Waals surface area contributed by atoms with Gasteiger partial charge in [-0.1, -0.05) is 23.2 Å². The van der Waals surface area contributed by atoms with Crippen LogP contribution in [0.5, 0.6) is 0 Å². The maximum atomic E-state index is 6.18. The van der Waals surface area contributed by atoms with Gasteiger partial charge in [0.2, 0.25) is 0 Å². The van der Waals surface area contributed by atoms with E-state index in [1.807, 2.05) is 0 Å². The van der Waals surface area contributed by atoms with Gasteiger partial charge in [0.25, 0.3) is 0 Å². The van der Waals surface area contributed by atoms with Gasteiger partial charge in [-0.25, -0.2) is 9.97 Å². The van der Waals surface area contributed by atoms with E-state index in [-0.39, 0.29) is 0 Å². The molecule has 0 unspecified atom stereocenters. The lowest BCUT2D eigenvalue weighted by Gasteiger charge is -2.09. The van der Waals surface area contributed by atoms with E-state index in [1.165, 1.54) is 0 Å². The van der Waals surface area contributed by atoms with Crippen molar-refractivity contribution in [3.63, 3.8) is 0 Å². The molecular formula is C13H10BrCl2N3. The van der Waals surface area contributed by atoms with E-state index >= 15 is 0 Å². The summed E-state index contributed by atoms with van der Waals surface area (Å²) in [6.45, 7) is 0. The van der Waals surface area contributed by atoms with Crippen molar-refractivity contribution in [1.82, 2.24) is 9.97 Å². The fourth-order valence-electron chi connectivity index (χ4n) is 1.90. The molecule has 1 saturated carbocycles. The van der Waals surface area contributed by atoms with Crippen LogP contribution < -0.4 is 5.73 Å². The largest absolute Gasteiger partial charge is 0.383 e. The van der Waals surface area contributed by atoms with Crippen molar-refractivity contribution in [2.45, 2.75) is 18.8 Å². The average molecular weight is 359 g/mol. The Balaban J connectivity index is 2.17. The normalized spacial score (nSPS) is 14.7. The van der Waals surface area contributed by atoms with Crippen LogP contribution in [0.2, 0.25) is 10.0 Å². The molecule has 0 saturated heterocycles. The van der Waals surface area contributed by atoms with Crippen LogP contribution in [-0.2, 0) is 0 Å². The minimum atomic E-state index is 0.433. The highest BCUT2D eigenvalue weighted by Gasteiger charge is 2.29. The topological polar surface area (TPSA) is 51.8 Å². The molecule has 0 bridgehead atoms. The summed E-state index contributed by atoms with van der Waals surface area (Å²) in [4.78, 5) is 8.88. The summed E-state index contributed by atoms with van der Waals surface area (Å²) < 4.78 is 0.789. The third-order valence-corrected chi connectivity index (χ3v) is 4.41. The van der Waals surface area contributed by atoms with Crippen molar-refractivity contribution in [3.05, 3.63) is 38.4 Å². The number of rotatable bonds is 2. The Morgan fingerprint density at radius 2 is 1.95 bits per heavy atom. The van der Waals surface area contributed by atoms with Crippen molar-refractivity contribution in [2.75, 3.05) is 5.73 Å². The number of hydrogen-bond acceptors (Lipinski definition) is 3. The van der Waals surface area contributed by atoms with Gasteiger partial charge in [-0.15, -0.1) is 0 Å². The Bertz CT molecular complexity index is 657. The van der Waals surface area contributed by atoms with Crippen LogP contribution in [0.25, 0.3) is 11.4 Å². The van der Waals surface area contributed by atoms with Crippen LogP contribution in [-0.4, -0.2) is 9.97 Å². The molecule has 6 heteroatoms. The number of anilines is 1. The number of nitrogens with two attached hydrogens (primary N) is 1. The zero-order chi connectivity index (χ0) is 13.6. The van der Waals surface area contributed by atoms with Gasteiger partial charge < -0.3 is 5.73 Å². The number of nitrogen functional groups attached to an aromatic ring is 1. The predicted octanol–water partition coefficient (Wildman–Crippen LogP) is 4.67. The molecule has 3 rings (SSSR count). The molecule has 19 heavy (non-hydrogen) atoms. The second-order valence-electron chi connectivity index (χ2n) is 4.53. The van der Waals surface area contributed by atoms with Crippen LogP contribution in [0, 0.1) is 0 Å². The fraction of sp³-hybridized carbons (Fsp3) is 0.231. The Morgan fingerprint density at radius 3 is 2.63 bits per heavy atom. The van der Waals surface area contributed by atoms with Gasteiger partial charge in [0.15, 0.2) is 5.82 Å². The molecule has 98 valence electrons. The van der Waals surface area contributed by atoms with Crippen molar-refractivity contribution >= 4 is 44.9 Å². The lowest BCUT2D eigenvalue weighted by atomic mass is 10.2. The first-order valence-electron chi connectivity index (χ1n) is 5.84. The van der Waals surface area contributed by atoms with Crippen molar-refractivity contribution in [3.8, 4) is 11.4 Å². The SMILES string of the molecule is Nc1nc(-c2cc(Cl)ccc2Cl)nc(C2CC2)c1Br. The van der Waals surface area contributed by atoms with Crippen LogP contribution in [0.1, 0.15) is 24.5 Å². The second-order valence-corrected chi connectivity index (χ2v) is 6.17. The third kappa shape index (κ3) is 2.57. The Hall–Kier alpha value is -0.840. The summed E-state index contributed by atoms with van der Waals surface area (Å²) in [5.74, 6) is 1.43. The van der Waals surface area contributed by atoms with E-state index in [4.69, 9.17) is 28.9 Å². The van der Waals surface area contributed by atoms with E-state index in [0.29, 0.717) is 33.2 Å². The van der Waals surface area contributed by atoms with Gasteiger partial charge in [0, 0.05) is 16.5 Å². The summed E-state index contributed by atoms with van der Waals surface area (Å²) in [6.07, 6.45) is 2.27. The molecular weight excluding hydrogens is 349 g/mol. The maximum absolute atomic E-state index is 6.18. The second kappa shape index (κ2) is 4.93. The smallest absolute Gasteiger partial charge is 0.163 e. The molecule has 1 aliphatic carbocycles. The zero-order valence-corrected chi connectivity index (χ0v) is 12.9. The van der Waals surface area contributed by atoms with E-state index in [2.05, 4.69) is 25.9 Å². The Morgan fingerprint density at radius 1 is 1.21 bits per heavy atom. The van der Waals surface area contributed by atoms with Crippen LogP contribution >= 0.6 is 39.1 Å². The first kappa shape index (κ1) is 13.2. The predicted molar refractivity (Wildman–Crippen MR) is 81.6 cm³/mol. The van der Waals surface area contributed by atoms with Gasteiger partial charge in [0.1, 0.15) is 5.82 Å². The van der Waals surface area contributed by atoms with E-state index in [1.54, 1.807) is 18.2 Å². The van der Waals surface area contributed by atoms with Gasteiger partial charge in [-0.05, 0) is 47.0 Å². The Kier molecular flexibility index (Phi) is 3.41. The lowest BCUT2D eigenvalue weighted by Crippen LogP contribution is -2.02. The van der Waals surface area contributed by atoms with Gasteiger partial charge in [-0.2, -0.15) is 0 Å². The standard InChI is InChI=1S/C13H10BrCl2N3/c14-10-11(6-1-2-6)18-13(19-12(10)17)8-5-7(15)3-4-9(8)16/h3-6H,1-2H2,(H2,17,18,19). The molecule has 1 aliphatic rings. The number of aromatic nitrogens is 2. The number of nitrogens with zero attached hydrogens (tertiary/aromatic N) is 2. The summed E-state index contributed by atoms with van der Waals surface area (Å²) in [5.41, 5.74) is 7.60. The molecule has 1 heterocycles. The van der Waals surface area contributed by atoms with E-state index in [0.717, 1.165) is 23.0 Å². The highest BCUT2D eigenvalue weighted by molar-refractivity contribution is 9.10. The summed E-state index contributed by atoms with van der Waals surface area (Å²) in [6, 6.07) is 5.22. The quantitative estimate of drug-likeness (QED) is 0.848. The molecule has 0 amide bonds. The van der Waals surface area contributed by atoms with E-state index in [9.17, 15) is 0 Å². The molecule has 0 spiro atoms. The van der Waals surface area contributed by atoms with Crippen molar-refractivity contribution in [1.29, 1.82) is 0 Å². The fourth-order valence-corrected chi connectivity index (χ4v) is 2.77. The van der Waals surface area contributed by atoms with Crippen LogP contribution in [0.3, 0.4) is 0 Å². The van der Waals surface area contributed by atoms with Gasteiger partial charge >= 0.3 is 0 Å². The number of hydrogen-bond donors (Lipinski definition) is 1. The summed E-state index contributed by atoms with van der Waals surface area (Å²) in [7, 11) is 0.